The van der Waals surface area contributed by atoms with Crippen LogP contribution in [-0.2, 0) is 22.1 Å². The first-order valence-corrected chi connectivity index (χ1v) is 9.56. The van der Waals surface area contributed by atoms with Crippen LogP contribution in [0.5, 0.6) is 0 Å². The summed E-state index contributed by atoms with van der Waals surface area (Å²) in [6, 6.07) is -0.670. The molecule has 1 unspecified atom stereocenters. The highest BCUT2D eigenvalue weighted by Gasteiger charge is 2.34. The molecule has 0 spiro atoms. The van der Waals surface area contributed by atoms with Crippen molar-refractivity contribution in [3.05, 3.63) is 29.6 Å². The Morgan fingerprint density at radius 2 is 2.00 bits per heavy atom. The normalized spacial score (nSPS) is 16.6. The largest absolute Gasteiger partial charge is 0.348 e. The number of amides is 2. The van der Waals surface area contributed by atoms with Crippen LogP contribution in [0.1, 0.15) is 59.4 Å². The molecule has 0 aliphatic heterocycles. The summed E-state index contributed by atoms with van der Waals surface area (Å²) in [5.74, 6) is -3.35. The van der Waals surface area contributed by atoms with Crippen LogP contribution >= 0.6 is 0 Å². The Bertz CT molecular complexity index is 746. The molecule has 0 aromatic carbocycles. The topological polar surface area (TPSA) is 76.0 Å². The zero-order valence-corrected chi connectivity index (χ0v) is 17.2. The van der Waals surface area contributed by atoms with Crippen molar-refractivity contribution in [2.75, 3.05) is 0 Å². The molecule has 8 heteroatoms. The van der Waals surface area contributed by atoms with Crippen molar-refractivity contribution < 1.29 is 18.4 Å². The second kappa shape index (κ2) is 8.41. The molecule has 6 nitrogen and oxygen atoms in total. The summed E-state index contributed by atoms with van der Waals surface area (Å²) in [6.07, 6.45) is 6.46. The number of aromatic nitrogens is 2. The monoisotopic (exact) mass is 396 g/mol. The number of rotatable bonds is 9. The SMILES string of the molecule is C/C=C(\C)CC(NC(=O)C1CC1)C(=O)NC(C)(C)Cn1cc(C(C)(F)F)cn1. The van der Waals surface area contributed by atoms with E-state index in [0.29, 0.717) is 6.42 Å². The molecule has 28 heavy (non-hydrogen) atoms. The van der Waals surface area contributed by atoms with Crippen LogP contribution in [-0.4, -0.2) is 33.2 Å². The van der Waals surface area contributed by atoms with Gasteiger partial charge in [0.15, 0.2) is 0 Å². The third-order valence-electron chi connectivity index (χ3n) is 4.76. The molecule has 0 bridgehead atoms. The van der Waals surface area contributed by atoms with Crippen LogP contribution in [0.2, 0.25) is 0 Å². The lowest BCUT2D eigenvalue weighted by Crippen LogP contribution is -2.55. The van der Waals surface area contributed by atoms with Crippen molar-refractivity contribution in [3.8, 4) is 0 Å². The Labute approximate surface area is 164 Å². The molecular weight excluding hydrogens is 366 g/mol. The summed E-state index contributed by atoms with van der Waals surface area (Å²) in [5, 5.41) is 9.73. The number of nitrogens with zero attached hydrogens (tertiary/aromatic N) is 2. The molecule has 1 aromatic heterocycles. The zero-order valence-electron chi connectivity index (χ0n) is 17.2. The lowest BCUT2D eigenvalue weighted by Gasteiger charge is -2.29. The molecule has 1 atom stereocenters. The summed E-state index contributed by atoms with van der Waals surface area (Å²) in [6.45, 7) is 8.41. The van der Waals surface area contributed by atoms with Crippen molar-refractivity contribution >= 4 is 11.8 Å². The minimum Gasteiger partial charge on any atom is -0.348 e. The molecule has 156 valence electrons. The smallest absolute Gasteiger partial charge is 0.273 e. The second-order valence-electron chi connectivity index (χ2n) is 8.36. The van der Waals surface area contributed by atoms with Gasteiger partial charge in [-0.2, -0.15) is 5.10 Å². The average molecular weight is 396 g/mol. The molecule has 1 heterocycles. The van der Waals surface area contributed by atoms with Gasteiger partial charge in [0.25, 0.3) is 5.92 Å². The van der Waals surface area contributed by atoms with Gasteiger partial charge in [0.2, 0.25) is 11.8 Å². The molecule has 2 rings (SSSR count). The molecule has 1 saturated carbocycles. The van der Waals surface area contributed by atoms with Gasteiger partial charge >= 0.3 is 0 Å². The van der Waals surface area contributed by atoms with Gasteiger partial charge in [-0.3, -0.25) is 14.3 Å². The van der Waals surface area contributed by atoms with Crippen LogP contribution < -0.4 is 10.6 Å². The lowest BCUT2D eigenvalue weighted by atomic mass is 10.0. The predicted molar refractivity (Wildman–Crippen MR) is 103 cm³/mol. The van der Waals surface area contributed by atoms with E-state index >= 15 is 0 Å². The van der Waals surface area contributed by atoms with Gasteiger partial charge in [0, 0.05) is 19.0 Å². The molecule has 1 aromatic rings. The highest BCUT2D eigenvalue weighted by Crippen LogP contribution is 2.29. The van der Waals surface area contributed by atoms with Gasteiger partial charge in [-0.05, 0) is 47.0 Å². The minimum absolute atomic E-state index is 0.00688. The summed E-state index contributed by atoms with van der Waals surface area (Å²) < 4.78 is 28.2. The van der Waals surface area contributed by atoms with Crippen LogP contribution in [0.4, 0.5) is 8.78 Å². The Morgan fingerprint density at radius 3 is 2.50 bits per heavy atom. The van der Waals surface area contributed by atoms with Crippen LogP contribution in [0.15, 0.2) is 24.0 Å². The van der Waals surface area contributed by atoms with E-state index in [1.165, 1.54) is 10.9 Å². The maximum atomic E-state index is 13.4. The lowest BCUT2D eigenvalue weighted by molar-refractivity contribution is -0.130. The summed E-state index contributed by atoms with van der Waals surface area (Å²) >= 11 is 0. The van der Waals surface area contributed by atoms with E-state index in [4.69, 9.17) is 0 Å². The summed E-state index contributed by atoms with van der Waals surface area (Å²) in [4.78, 5) is 25.0. The fraction of sp³-hybridized carbons (Fsp3) is 0.650. The number of allylic oxidation sites excluding steroid dienone is 1. The first kappa shape index (κ1) is 22.0. The van der Waals surface area contributed by atoms with Crippen molar-refractivity contribution in [1.82, 2.24) is 20.4 Å². The Kier molecular flexibility index (Phi) is 6.62. The van der Waals surface area contributed by atoms with E-state index in [1.54, 1.807) is 13.8 Å². The van der Waals surface area contributed by atoms with E-state index in [0.717, 1.165) is 31.5 Å². The van der Waals surface area contributed by atoms with Crippen LogP contribution in [0.3, 0.4) is 0 Å². The number of halogens is 2. The highest BCUT2D eigenvalue weighted by molar-refractivity contribution is 5.89. The summed E-state index contributed by atoms with van der Waals surface area (Å²) in [5.41, 5.74) is 0.0827. The first-order valence-electron chi connectivity index (χ1n) is 9.56. The van der Waals surface area contributed by atoms with Crippen molar-refractivity contribution in [3.63, 3.8) is 0 Å². The molecular formula is C20H30F2N4O2. The van der Waals surface area contributed by atoms with Crippen molar-refractivity contribution in [2.24, 2.45) is 5.92 Å². The molecule has 2 N–H and O–H groups in total. The molecule has 0 saturated heterocycles. The van der Waals surface area contributed by atoms with Crippen molar-refractivity contribution in [1.29, 1.82) is 0 Å². The van der Waals surface area contributed by atoms with Gasteiger partial charge in [-0.1, -0.05) is 11.6 Å². The number of carbonyl (C=O) groups excluding carboxylic acids is 2. The van der Waals surface area contributed by atoms with E-state index in [-0.39, 0.29) is 29.8 Å². The molecule has 0 radical (unpaired) electrons. The Morgan fingerprint density at radius 1 is 1.36 bits per heavy atom. The Balaban J connectivity index is 2.04. The standard InChI is InChI=1S/C20H30F2N4O2/c1-6-13(2)9-16(24-17(27)14-7-8-14)18(28)25-19(3,4)12-26-11-15(10-23-26)20(5,21)22/h6,10-11,14,16H,7-9,12H2,1-5H3,(H,24,27)(H,25,28)/b13-6+. The van der Waals surface area contributed by atoms with Crippen LogP contribution in [0, 0.1) is 5.92 Å². The third kappa shape index (κ3) is 6.42. The molecule has 1 fully saturated rings. The maximum absolute atomic E-state index is 13.4. The number of carbonyl (C=O) groups is 2. The van der Waals surface area contributed by atoms with E-state index in [9.17, 15) is 18.4 Å². The van der Waals surface area contributed by atoms with Gasteiger partial charge in [-0.15, -0.1) is 0 Å². The fourth-order valence-corrected chi connectivity index (χ4v) is 2.83. The first-order chi connectivity index (χ1) is 12.9. The predicted octanol–water partition coefficient (Wildman–Crippen LogP) is 3.14. The van der Waals surface area contributed by atoms with Crippen molar-refractivity contribution in [2.45, 2.75) is 77.9 Å². The van der Waals surface area contributed by atoms with E-state index < -0.39 is 17.5 Å². The van der Waals surface area contributed by atoms with Gasteiger partial charge in [0.05, 0.1) is 23.8 Å². The molecule has 1 aliphatic rings. The maximum Gasteiger partial charge on any atom is 0.273 e. The van der Waals surface area contributed by atoms with Gasteiger partial charge < -0.3 is 10.6 Å². The number of hydrogen-bond acceptors (Lipinski definition) is 3. The van der Waals surface area contributed by atoms with E-state index in [2.05, 4.69) is 15.7 Å². The van der Waals surface area contributed by atoms with Gasteiger partial charge in [0.1, 0.15) is 6.04 Å². The molecule has 2 amide bonds. The molecule has 1 aliphatic carbocycles. The summed E-state index contributed by atoms with van der Waals surface area (Å²) in [7, 11) is 0. The zero-order chi connectivity index (χ0) is 21.1. The number of nitrogens with one attached hydrogen (secondary N) is 2. The van der Waals surface area contributed by atoms with Gasteiger partial charge in [-0.25, -0.2) is 8.78 Å². The fourth-order valence-electron chi connectivity index (χ4n) is 2.83. The Hall–Kier alpha value is -2.25. The highest BCUT2D eigenvalue weighted by atomic mass is 19.3. The third-order valence-corrected chi connectivity index (χ3v) is 4.76. The number of hydrogen-bond donors (Lipinski definition) is 2. The quantitative estimate of drug-likeness (QED) is 0.630. The minimum atomic E-state index is -2.96. The second-order valence-corrected chi connectivity index (χ2v) is 8.36. The van der Waals surface area contributed by atoms with Crippen LogP contribution in [0.25, 0.3) is 0 Å². The number of alkyl halides is 2. The van der Waals surface area contributed by atoms with E-state index in [1.807, 2.05) is 19.9 Å². The average Bonchev–Trinajstić information content (AvgIpc) is 3.32.